The van der Waals surface area contributed by atoms with Crippen LogP contribution in [0, 0.1) is 0 Å². The second-order valence-electron chi connectivity index (χ2n) is 1.25. The van der Waals surface area contributed by atoms with Crippen molar-refractivity contribution in [3.05, 3.63) is 0 Å². The fraction of sp³-hybridized carbons (Fsp3) is 0. The molecule has 140 valence electrons. The van der Waals surface area contributed by atoms with Crippen molar-refractivity contribution in [2.45, 2.75) is 0 Å². The average Bonchev–Trinajstić information content (AvgIpc) is 1.94. The van der Waals surface area contributed by atoms with Crippen LogP contribution in [-0.2, 0) is 67.1 Å². The van der Waals surface area contributed by atoms with Gasteiger partial charge in [-0.3, -0.25) is 0 Å². The summed E-state index contributed by atoms with van der Waals surface area (Å²) in [5.74, 6) is 0. The summed E-state index contributed by atoms with van der Waals surface area (Å²) >= 11 is 0. The van der Waals surface area contributed by atoms with E-state index in [-0.39, 0.29) is 139 Å². The summed E-state index contributed by atoms with van der Waals surface area (Å²) in [5, 5.41) is 0. The fourth-order valence-corrected chi connectivity index (χ4v) is 0. The Balaban J connectivity index is -0.0000000114. The van der Waals surface area contributed by atoms with Crippen LogP contribution in [0.4, 0.5) is 0 Å². The van der Waals surface area contributed by atoms with E-state index in [0.717, 1.165) is 0 Å². The van der Waals surface area contributed by atoms with Crippen LogP contribution in [0.5, 0.6) is 0 Å². The number of hydrogen-bond acceptors (Lipinski definition) is 15. The van der Waals surface area contributed by atoms with E-state index in [4.69, 9.17) is 70.3 Å². The minimum absolute atomic E-state index is 0. The first-order valence-electron chi connectivity index (χ1n) is 3.06. The van der Waals surface area contributed by atoms with Gasteiger partial charge in [0.1, 0.15) is 0 Å². The molecule has 0 fully saturated rings. The van der Waals surface area contributed by atoms with E-state index in [1.165, 1.54) is 0 Å². The standard InChI is InChI=1S/2Ag.2Al.2Na.5O3Si/c;;;;;;5*1-4(2)3/q2*+1;2*+3;2*+1;5*-2. The molecule has 0 amide bonds. The summed E-state index contributed by atoms with van der Waals surface area (Å²) in [6.45, 7) is 0. The smallest absolute Gasteiger partial charge is 0.672 e. The molecule has 0 unspecified atom stereocenters. The van der Waals surface area contributed by atoms with E-state index in [1.54, 1.807) is 0 Å². The van der Waals surface area contributed by atoms with Crippen LogP contribution in [0.2, 0.25) is 0 Å². The summed E-state index contributed by atoms with van der Waals surface area (Å²) in [7, 11) is -18.1. The van der Waals surface area contributed by atoms with Crippen molar-refractivity contribution in [1.82, 2.24) is 0 Å². The Bertz CT molecular complexity index is 231. The Hall–Kier alpha value is 2.63. The molecule has 0 heterocycles. The summed E-state index contributed by atoms with van der Waals surface area (Å²) < 4.78 is 42.6. The van der Waals surface area contributed by atoms with E-state index in [0.29, 0.717) is 0 Å². The maximum Gasteiger partial charge on any atom is 3.00 e. The first-order chi connectivity index (χ1) is 8.66. The van der Waals surface area contributed by atoms with Crippen molar-refractivity contribution in [3.8, 4) is 0 Å². The van der Waals surface area contributed by atoms with Gasteiger partial charge >= 0.3 is 139 Å². The summed E-state index contributed by atoms with van der Waals surface area (Å²) in [6, 6.07) is 0. The summed E-state index contributed by atoms with van der Waals surface area (Å²) in [6.07, 6.45) is 0. The molecule has 0 N–H and O–H groups in total. The van der Waals surface area contributed by atoms with Crippen LogP contribution in [0.25, 0.3) is 0 Å². The van der Waals surface area contributed by atoms with E-state index in [2.05, 4.69) is 0 Å². The van der Waals surface area contributed by atoms with Gasteiger partial charge in [-0.1, -0.05) is 0 Å². The molecule has 0 aromatic rings. The molecule has 15 nitrogen and oxygen atoms in total. The predicted molar refractivity (Wildman–Crippen MR) is 43.7 cm³/mol. The monoisotopic (exact) mass is 694 g/mol. The van der Waals surface area contributed by atoms with Gasteiger partial charge in [-0.05, 0) is 0 Å². The minimum Gasteiger partial charge on any atom is -0.672 e. The first-order valence-corrected chi connectivity index (χ1v) is 9.19. The molecule has 0 spiro atoms. The van der Waals surface area contributed by atoms with Gasteiger partial charge < -0.3 is 70.3 Å². The molecule has 0 aliphatic heterocycles. The van der Waals surface area contributed by atoms with Gasteiger partial charge in [-0.15, -0.1) is 0 Å². The van der Waals surface area contributed by atoms with Crippen molar-refractivity contribution in [2.75, 3.05) is 0 Å². The zero-order valence-electron chi connectivity index (χ0n) is 12.4. The number of hydrogen-bond donors (Lipinski definition) is 0. The molecule has 0 saturated carbocycles. The second-order valence-corrected chi connectivity index (χ2v) is 3.75. The number of rotatable bonds is 0. The molecule has 26 heavy (non-hydrogen) atoms. The second kappa shape index (κ2) is 63.0. The third-order valence-corrected chi connectivity index (χ3v) is 0. The average molecular weight is 696 g/mol. The Labute approximate surface area is 250 Å². The van der Waals surface area contributed by atoms with Gasteiger partial charge in [0, 0.05) is 45.9 Å². The van der Waals surface area contributed by atoms with Crippen LogP contribution in [0.15, 0.2) is 0 Å². The van der Waals surface area contributed by atoms with Gasteiger partial charge in [0.25, 0.3) is 0 Å². The van der Waals surface area contributed by atoms with Crippen molar-refractivity contribution < 1.29 is 174 Å². The molecule has 0 aliphatic rings. The zero-order chi connectivity index (χ0) is 17.9. The first kappa shape index (κ1) is 70.3. The SMILES string of the molecule is O=[Si]([O-])[O-].O=[Si]([O-])[O-].O=[Si]([O-])[O-].O=[Si]([O-])[O-].O=[Si]([O-])[O-].[Ag+].[Ag+].[Al+3].[Al+3].[Na+].[Na+]. The van der Waals surface area contributed by atoms with Gasteiger partial charge in [-0.25, -0.2) is 0 Å². The molecule has 0 radical (unpaired) electrons. The van der Waals surface area contributed by atoms with Crippen LogP contribution in [0.3, 0.4) is 0 Å². The van der Waals surface area contributed by atoms with E-state index in [9.17, 15) is 0 Å². The van der Waals surface area contributed by atoms with Crippen LogP contribution in [0.1, 0.15) is 0 Å². The molecular weight excluding hydrogens is 696 g/mol. The summed E-state index contributed by atoms with van der Waals surface area (Å²) in [5.41, 5.74) is 0. The quantitative estimate of drug-likeness (QED) is 0.212. The Kier molecular flexibility index (Phi) is 170. The van der Waals surface area contributed by atoms with Crippen molar-refractivity contribution in [3.63, 3.8) is 0 Å². The van der Waals surface area contributed by atoms with E-state index >= 15 is 0 Å². The minimum atomic E-state index is -3.63. The topological polar surface area (TPSA) is 316 Å². The molecule has 0 rings (SSSR count). The molecule has 0 saturated heterocycles. The van der Waals surface area contributed by atoms with Gasteiger partial charge in [0.2, 0.25) is 0 Å². The van der Waals surface area contributed by atoms with E-state index in [1.807, 2.05) is 0 Å². The zero-order valence-corrected chi connectivity index (χ0v) is 26.7. The van der Waals surface area contributed by atoms with Crippen LogP contribution < -0.4 is 107 Å². The predicted octanol–water partition coefficient (Wildman–Crippen LogP) is -21.1. The van der Waals surface area contributed by atoms with Crippen molar-refractivity contribution >= 4 is 80.6 Å². The third kappa shape index (κ3) is 2530. The van der Waals surface area contributed by atoms with Crippen LogP contribution in [-0.4, -0.2) is 80.6 Å². The molecule has 26 heteroatoms. The van der Waals surface area contributed by atoms with Gasteiger partial charge in [-0.2, -0.15) is 0 Å². The van der Waals surface area contributed by atoms with Crippen molar-refractivity contribution in [1.29, 1.82) is 0 Å². The normalized spacial score (nSPS) is 4.62. The van der Waals surface area contributed by atoms with Gasteiger partial charge in [0.05, 0.1) is 0 Å². The maximum atomic E-state index is 8.52. The molecule has 0 aliphatic carbocycles. The Morgan fingerprint density at radius 3 is 0.346 bits per heavy atom. The molecule has 0 bridgehead atoms. The molecule has 0 aromatic carbocycles. The van der Waals surface area contributed by atoms with Gasteiger partial charge in [0.15, 0.2) is 0 Å². The molecule has 0 atom stereocenters. The maximum absolute atomic E-state index is 8.52. The van der Waals surface area contributed by atoms with Crippen molar-refractivity contribution in [2.24, 2.45) is 0 Å². The summed E-state index contributed by atoms with van der Waals surface area (Å²) in [4.78, 5) is 85.2. The fourth-order valence-electron chi connectivity index (χ4n) is 0. The largest absolute Gasteiger partial charge is 3.00 e. The van der Waals surface area contributed by atoms with E-state index < -0.39 is 45.9 Å². The Morgan fingerprint density at radius 2 is 0.346 bits per heavy atom. The Morgan fingerprint density at radius 1 is 0.346 bits per heavy atom. The van der Waals surface area contributed by atoms with Crippen LogP contribution >= 0.6 is 0 Å². The molecular formula is Ag2Al2Na2O15Si5. The third-order valence-electron chi connectivity index (χ3n) is 0. The molecule has 0 aromatic heterocycles.